The molecule has 3 N–H and O–H groups in total. The smallest absolute Gasteiger partial charge is 0.326 e. The summed E-state index contributed by atoms with van der Waals surface area (Å²) in [4.78, 5) is 24.4. The first-order chi connectivity index (χ1) is 9.70. The maximum atomic E-state index is 12.0. The molecule has 116 valence electrons. The van der Waals surface area contributed by atoms with Crippen molar-refractivity contribution in [3.05, 3.63) is 48.6 Å². The molecule has 2 atom stereocenters. The predicted molar refractivity (Wildman–Crippen MR) is 84.7 cm³/mol. The maximum absolute atomic E-state index is 12.0. The van der Waals surface area contributed by atoms with Gasteiger partial charge in [-0.15, -0.1) is 0 Å². The van der Waals surface area contributed by atoms with Crippen LogP contribution in [0, 0.1) is 0 Å². The molecular formula is C16H24N2O3. The summed E-state index contributed by atoms with van der Waals surface area (Å²) >= 11 is 0. The molecule has 1 amide bonds. The van der Waals surface area contributed by atoms with Crippen LogP contribution in [0.3, 0.4) is 0 Å². The van der Waals surface area contributed by atoms with E-state index < -0.39 is 24.0 Å². The number of hydrogen-bond donors (Lipinski definition) is 2. The van der Waals surface area contributed by atoms with Gasteiger partial charge in [-0.25, -0.2) is 4.79 Å². The van der Waals surface area contributed by atoms with Crippen molar-refractivity contribution >= 4 is 11.9 Å². The topological polar surface area (TPSA) is 83.6 Å². The van der Waals surface area contributed by atoms with Crippen LogP contribution in [-0.2, 0) is 9.59 Å². The molecular weight excluding hydrogens is 268 g/mol. The van der Waals surface area contributed by atoms with E-state index in [1.54, 1.807) is 24.3 Å². The molecule has 0 heterocycles. The first-order valence-electron chi connectivity index (χ1n) is 6.64. The second kappa shape index (κ2) is 8.92. The van der Waals surface area contributed by atoms with Crippen molar-refractivity contribution in [3.63, 3.8) is 0 Å². The number of aliphatic carboxylic acids is 1. The monoisotopic (exact) mass is 292 g/mol. The average Bonchev–Trinajstić information content (AvgIpc) is 2.42. The lowest BCUT2D eigenvalue weighted by Gasteiger charge is -2.28. The molecule has 0 aromatic carbocycles. The second-order valence-corrected chi connectivity index (χ2v) is 4.92. The lowest BCUT2D eigenvalue weighted by atomic mass is 10.1. The number of rotatable bonds is 8. The molecule has 0 aromatic heterocycles. The number of hydrogen-bond acceptors (Lipinski definition) is 3. The maximum Gasteiger partial charge on any atom is 0.326 e. The van der Waals surface area contributed by atoms with Gasteiger partial charge in [-0.2, -0.15) is 0 Å². The first-order valence-corrected chi connectivity index (χ1v) is 6.64. The Morgan fingerprint density at radius 3 is 2.38 bits per heavy atom. The molecule has 0 bridgehead atoms. The normalized spacial score (nSPS) is 14.6. The minimum Gasteiger partial charge on any atom is -0.480 e. The van der Waals surface area contributed by atoms with E-state index in [9.17, 15) is 9.59 Å². The van der Waals surface area contributed by atoms with Crippen LogP contribution in [0.15, 0.2) is 48.6 Å². The molecule has 0 unspecified atom stereocenters. The van der Waals surface area contributed by atoms with Gasteiger partial charge >= 0.3 is 5.97 Å². The molecule has 0 aliphatic carbocycles. The molecule has 0 saturated heterocycles. The molecule has 0 spiro atoms. The van der Waals surface area contributed by atoms with E-state index in [4.69, 9.17) is 10.8 Å². The zero-order valence-corrected chi connectivity index (χ0v) is 12.9. The van der Waals surface area contributed by atoms with Crippen LogP contribution in [0.1, 0.15) is 20.8 Å². The Bertz CT molecular complexity index is 476. The number of allylic oxidation sites excluding steroid dienone is 5. The van der Waals surface area contributed by atoms with Gasteiger partial charge in [-0.05, 0) is 26.3 Å². The van der Waals surface area contributed by atoms with Crippen LogP contribution in [0.4, 0.5) is 0 Å². The summed E-state index contributed by atoms with van der Waals surface area (Å²) in [6.07, 6.45) is 6.97. The Kier molecular flexibility index (Phi) is 8.01. The van der Waals surface area contributed by atoms with Crippen LogP contribution in [0.5, 0.6) is 0 Å². The van der Waals surface area contributed by atoms with Crippen molar-refractivity contribution < 1.29 is 14.7 Å². The van der Waals surface area contributed by atoms with Crippen molar-refractivity contribution in [1.29, 1.82) is 0 Å². The van der Waals surface area contributed by atoms with E-state index in [2.05, 4.69) is 13.2 Å². The molecule has 5 heteroatoms. The summed E-state index contributed by atoms with van der Waals surface area (Å²) < 4.78 is 0. The number of carbonyl (C=O) groups excluding carboxylic acids is 1. The Balaban J connectivity index is 5.04. The molecule has 5 nitrogen and oxygen atoms in total. The van der Waals surface area contributed by atoms with Crippen molar-refractivity contribution in [2.45, 2.75) is 32.9 Å². The summed E-state index contributed by atoms with van der Waals surface area (Å²) in [6, 6.07) is -1.67. The Morgan fingerprint density at radius 2 is 1.95 bits per heavy atom. The molecule has 0 radical (unpaired) electrons. The van der Waals surface area contributed by atoms with E-state index in [0.717, 1.165) is 11.1 Å². The van der Waals surface area contributed by atoms with E-state index in [0.29, 0.717) is 0 Å². The van der Waals surface area contributed by atoms with Gasteiger partial charge in [0, 0.05) is 6.54 Å². The number of carbonyl (C=O) groups is 2. The zero-order chi connectivity index (χ0) is 16.6. The first kappa shape index (κ1) is 18.9. The quantitative estimate of drug-likeness (QED) is 0.669. The summed E-state index contributed by atoms with van der Waals surface area (Å²) in [5, 5.41) is 9.09. The highest BCUT2D eigenvalue weighted by Gasteiger charge is 2.27. The Hall–Kier alpha value is -2.14. The standard InChI is InChI=1S/C16H24N2O3/c1-6-11(2)8-7-9-12(3)10-18(14(5)16(20)21)15(19)13(4)17/h6-9,13-14H,1-2,10,17H2,3-5H3,(H,20,21)/t13-,14-/m0/s1. The molecule has 0 aliphatic heterocycles. The van der Waals surface area contributed by atoms with Crippen molar-refractivity contribution in [3.8, 4) is 0 Å². The van der Waals surface area contributed by atoms with Gasteiger partial charge in [0.15, 0.2) is 0 Å². The number of nitrogens with two attached hydrogens (primary N) is 1. The van der Waals surface area contributed by atoms with Gasteiger partial charge < -0.3 is 15.7 Å². The van der Waals surface area contributed by atoms with E-state index in [-0.39, 0.29) is 6.54 Å². The van der Waals surface area contributed by atoms with Crippen LogP contribution in [-0.4, -0.2) is 40.5 Å². The Morgan fingerprint density at radius 1 is 1.38 bits per heavy atom. The summed E-state index contributed by atoms with van der Waals surface area (Å²) in [5.41, 5.74) is 7.17. The van der Waals surface area contributed by atoms with Gasteiger partial charge in [0.1, 0.15) is 6.04 Å². The highest BCUT2D eigenvalue weighted by molar-refractivity contribution is 5.86. The highest BCUT2D eigenvalue weighted by atomic mass is 16.4. The highest BCUT2D eigenvalue weighted by Crippen LogP contribution is 2.08. The summed E-state index contributed by atoms with van der Waals surface area (Å²) in [7, 11) is 0. The third-order valence-electron chi connectivity index (χ3n) is 2.87. The number of carboxylic acids is 1. The third-order valence-corrected chi connectivity index (χ3v) is 2.87. The minimum absolute atomic E-state index is 0.207. The van der Waals surface area contributed by atoms with Gasteiger partial charge in [0.2, 0.25) is 5.91 Å². The fourth-order valence-corrected chi connectivity index (χ4v) is 1.53. The summed E-state index contributed by atoms with van der Waals surface area (Å²) in [5.74, 6) is -1.45. The zero-order valence-electron chi connectivity index (χ0n) is 12.9. The van der Waals surface area contributed by atoms with E-state index in [1.165, 1.54) is 18.7 Å². The van der Waals surface area contributed by atoms with E-state index in [1.807, 2.05) is 6.92 Å². The molecule has 0 saturated carbocycles. The van der Waals surface area contributed by atoms with Crippen LogP contribution >= 0.6 is 0 Å². The number of nitrogens with zero attached hydrogens (tertiary/aromatic N) is 1. The second-order valence-electron chi connectivity index (χ2n) is 4.92. The molecule has 0 rings (SSSR count). The Labute approximate surface area is 126 Å². The number of amides is 1. The van der Waals surface area contributed by atoms with Gasteiger partial charge in [0.25, 0.3) is 0 Å². The third kappa shape index (κ3) is 6.72. The molecule has 0 aromatic rings. The SMILES string of the molecule is C=CC(=C)C=CC=C(C)CN(C(=O)[C@H](C)N)[C@@H](C)C(=O)O. The summed E-state index contributed by atoms with van der Waals surface area (Å²) in [6.45, 7) is 12.4. The minimum atomic E-state index is -1.06. The van der Waals surface area contributed by atoms with Gasteiger partial charge in [-0.1, -0.05) is 43.0 Å². The molecule has 0 fully saturated rings. The van der Waals surface area contributed by atoms with Crippen molar-refractivity contribution in [2.75, 3.05) is 6.54 Å². The van der Waals surface area contributed by atoms with Crippen molar-refractivity contribution in [1.82, 2.24) is 4.90 Å². The lowest BCUT2D eigenvalue weighted by molar-refractivity contribution is -0.149. The van der Waals surface area contributed by atoms with Gasteiger partial charge in [0.05, 0.1) is 6.04 Å². The fraction of sp³-hybridized carbons (Fsp3) is 0.375. The largest absolute Gasteiger partial charge is 0.480 e. The van der Waals surface area contributed by atoms with E-state index >= 15 is 0 Å². The molecule has 0 aliphatic rings. The predicted octanol–water partition coefficient (Wildman–Crippen LogP) is 1.88. The van der Waals surface area contributed by atoms with Crippen LogP contribution in [0.2, 0.25) is 0 Å². The molecule has 21 heavy (non-hydrogen) atoms. The van der Waals surface area contributed by atoms with Crippen LogP contribution in [0.25, 0.3) is 0 Å². The van der Waals surface area contributed by atoms with Gasteiger partial charge in [-0.3, -0.25) is 4.79 Å². The lowest BCUT2D eigenvalue weighted by Crippen LogP contribution is -2.50. The van der Waals surface area contributed by atoms with Crippen LogP contribution < -0.4 is 5.73 Å². The fourth-order valence-electron chi connectivity index (χ4n) is 1.53. The number of carboxylic acid groups (broad SMARTS) is 1. The van der Waals surface area contributed by atoms with Crippen molar-refractivity contribution in [2.24, 2.45) is 5.73 Å². The average molecular weight is 292 g/mol.